The summed E-state index contributed by atoms with van der Waals surface area (Å²) in [5.74, 6) is -4.27. The number of fused-ring (bicyclic) bond motifs is 1. The van der Waals surface area contributed by atoms with E-state index in [2.05, 4.69) is 22.6 Å². The highest BCUT2D eigenvalue weighted by Gasteiger charge is 2.50. The van der Waals surface area contributed by atoms with Crippen LogP contribution in [-0.4, -0.2) is 87.8 Å². The van der Waals surface area contributed by atoms with Crippen LogP contribution >= 0.6 is 20.7 Å². The number of nitrogens with one attached hydrogen (secondary N) is 2. The molecular weight excluding hydrogens is 593 g/mol. The van der Waals surface area contributed by atoms with E-state index in [4.69, 9.17) is 4.99 Å². The molecule has 3 fully saturated rings. The molecule has 0 radical (unpaired) electrons. The Kier molecular flexibility index (Phi) is 7.62. The molecule has 0 atom stereocenters. The fourth-order valence-electron chi connectivity index (χ4n) is 5.29. The van der Waals surface area contributed by atoms with Crippen molar-refractivity contribution in [3.63, 3.8) is 0 Å². The fraction of sp³-hybridized carbons (Fsp3) is 0.538. The smallest absolute Gasteiger partial charge is 0.342 e. The minimum atomic E-state index is -3.46. The van der Waals surface area contributed by atoms with Gasteiger partial charge in [0.05, 0.1) is 12.2 Å². The molecule has 8 nitrogen and oxygen atoms in total. The lowest BCUT2D eigenvalue weighted by molar-refractivity contribution is -0.154. The maximum Gasteiger partial charge on any atom is 0.342 e. The largest absolute Gasteiger partial charge is 0.349 e. The van der Waals surface area contributed by atoms with Crippen LogP contribution in [0.2, 0.25) is 0 Å². The molecule has 3 aliphatic heterocycles. The van der Waals surface area contributed by atoms with Gasteiger partial charge in [0.25, 0.3) is 11.8 Å². The molecule has 1 aliphatic carbocycles. The summed E-state index contributed by atoms with van der Waals surface area (Å²) in [7, 11) is 3.50. The molecule has 0 unspecified atom stereocenters. The first-order valence-electron chi connectivity index (χ1n) is 12.8. The zero-order valence-electron chi connectivity index (χ0n) is 21.1. The summed E-state index contributed by atoms with van der Waals surface area (Å²) in [6.45, 7) is 1.31. The van der Waals surface area contributed by atoms with Crippen LogP contribution in [0.25, 0.3) is 0 Å². The molecule has 4 aliphatic rings. The number of carbonyl (C=O) groups excluding carboxylic acids is 2. The van der Waals surface area contributed by atoms with Crippen molar-refractivity contribution in [2.75, 3.05) is 39.0 Å². The van der Waals surface area contributed by atoms with E-state index in [1.165, 1.54) is 7.05 Å². The Morgan fingerprint density at radius 2 is 1.76 bits per heavy atom. The van der Waals surface area contributed by atoms with Crippen LogP contribution in [0.5, 0.6) is 0 Å². The van der Waals surface area contributed by atoms with Crippen molar-refractivity contribution in [2.24, 2.45) is 4.99 Å². The molecule has 0 spiro atoms. The van der Waals surface area contributed by atoms with Crippen molar-refractivity contribution in [1.29, 1.82) is 0 Å². The van der Waals surface area contributed by atoms with Crippen LogP contribution in [0.3, 0.4) is 0 Å². The molecule has 1 saturated carbocycles. The molecular formula is C26H33F2IN6O2. The number of likely N-dealkylation sites (N-methyl/N-ethyl adjacent to an activating group) is 1. The van der Waals surface area contributed by atoms with Gasteiger partial charge in [-0.2, -0.15) is 8.78 Å². The van der Waals surface area contributed by atoms with Gasteiger partial charge in [-0.15, -0.1) is 0 Å². The molecule has 2 N–H and O–H groups in total. The van der Waals surface area contributed by atoms with Gasteiger partial charge in [0.2, 0.25) is 0 Å². The van der Waals surface area contributed by atoms with E-state index >= 15 is 0 Å². The van der Waals surface area contributed by atoms with Crippen LogP contribution in [0, 0.1) is 0 Å². The number of likely N-dealkylation sites (tertiary alicyclic amines) is 1. The summed E-state index contributed by atoms with van der Waals surface area (Å²) in [5, 5.41) is 6.45. The third-order valence-corrected chi connectivity index (χ3v) is 9.53. The van der Waals surface area contributed by atoms with Crippen molar-refractivity contribution in [3.8, 4) is 0 Å². The Balaban J connectivity index is 1.31. The van der Waals surface area contributed by atoms with Gasteiger partial charge in [-0.3, -0.25) is 9.59 Å². The summed E-state index contributed by atoms with van der Waals surface area (Å²) in [6.07, 6.45) is 5.51. The lowest BCUT2D eigenvalue weighted by Crippen LogP contribution is -2.47. The molecule has 5 rings (SSSR count). The second-order valence-electron chi connectivity index (χ2n) is 10.2. The SMILES string of the molecule is CN1CCC(NC(=O)c2ccc(NC3=IC=C4C(=N3)N(C3CCCC3)CC(F)(F)C(=O)N4C)cc2)CC1. The van der Waals surface area contributed by atoms with Crippen molar-refractivity contribution >= 4 is 47.8 Å². The number of hydrogen-bond donors (Lipinski definition) is 2. The highest BCUT2D eigenvalue weighted by molar-refractivity contribution is 14.2. The van der Waals surface area contributed by atoms with E-state index in [1.807, 2.05) is 16.2 Å². The third kappa shape index (κ3) is 5.71. The lowest BCUT2D eigenvalue weighted by atomic mass is 10.0. The molecule has 3 heterocycles. The molecule has 0 bridgehead atoms. The van der Waals surface area contributed by atoms with Crippen LogP contribution in [0.15, 0.2) is 39.0 Å². The molecule has 2 amide bonds. The van der Waals surface area contributed by atoms with E-state index in [0.29, 0.717) is 17.1 Å². The number of aliphatic imine (C=N–C) groups is 1. The molecule has 1 aromatic rings. The van der Waals surface area contributed by atoms with Crippen LogP contribution in [-0.2, 0) is 4.79 Å². The summed E-state index contributed by atoms with van der Waals surface area (Å²) in [6, 6.07) is 7.39. The van der Waals surface area contributed by atoms with E-state index in [9.17, 15) is 18.4 Å². The summed E-state index contributed by atoms with van der Waals surface area (Å²) < 4.78 is 32.2. The predicted octanol–water partition coefficient (Wildman–Crippen LogP) is 3.59. The standard InChI is InChI=1S/C26H33F2IN6O2/c1-33-13-11-19(12-14-33)30-23(36)17-7-9-18(10-8-17)31-25-29-15-21-22(32-25)35(20-5-3-4-6-20)16-26(27,28)24(37)34(21)2/h7-10,15,19-20H,3-6,11-14,16H2,1-2H3,(H,30,36)(H,31,32). The van der Waals surface area contributed by atoms with E-state index in [1.54, 1.807) is 17.0 Å². The van der Waals surface area contributed by atoms with Crippen molar-refractivity contribution in [2.45, 2.75) is 56.5 Å². The summed E-state index contributed by atoms with van der Waals surface area (Å²) >= 11 is -0.776. The first-order chi connectivity index (χ1) is 17.7. The van der Waals surface area contributed by atoms with E-state index in [-0.39, 0.29) is 18.0 Å². The normalized spacial score (nSPS) is 23.4. The minimum Gasteiger partial charge on any atom is -0.349 e. The number of nitrogens with zero attached hydrogens (tertiary/aromatic N) is 4. The van der Waals surface area contributed by atoms with Gasteiger partial charge in [-0.05, 0) is 90.8 Å². The number of benzene rings is 1. The number of amides is 2. The average molecular weight is 626 g/mol. The van der Waals surface area contributed by atoms with Crippen molar-refractivity contribution in [3.05, 3.63) is 39.6 Å². The highest BCUT2D eigenvalue weighted by atomic mass is 127. The summed E-state index contributed by atoms with van der Waals surface area (Å²) in [5.41, 5.74) is 1.86. The lowest BCUT2D eigenvalue weighted by Gasteiger charge is -2.33. The monoisotopic (exact) mass is 626 g/mol. The number of carbonyl (C=O) groups is 2. The van der Waals surface area contributed by atoms with Gasteiger partial charge >= 0.3 is 5.92 Å². The van der Waals surface area contributed by atoms with Gasteiger partial charge in [0, 0.05) is 34.5 Å². The van der Waals surface area contributed by atoms with Crippen LogP contribution < -0.4 is 10.6 Å². The average Bonchev–Trinajstić information content (AvgIpc) is 3.41. The molecule has 37 heavy (non-hydrogen) atoms. The minimum absolute atomic E-state index is 0.0489. The van der Waals surface area contributed by atoms with Gasteiger partial charge in [0.1, 0.15) is 0 Å². The Bertz CT molecular complexity index is 1140. The van der Waals surface area contributed by atoms with Gasteiger partial charge in [0.15, 0.2) is 9.59 Å². The Morgan fingerprint density at radius 1 is 1.08 bits per heavy atom. The van der Waals surface area contributed by atoms with Crippen LogP contribution in [0.1, 0.15) is 48.9 Å². The Labute approximate surface area is 225 Å². The van der Waals surface area contributed by atoms with Gasteiger partial charge < -0.3 is 25.3 Å². The van der Waals surface area contributed by atoms with Crippen molar-refractivity contribution < 1.29 is 18.4 Å². The first kappa shape index (κ1) is 26.2. The second-order valence-corrected chi connectivity index (χ2v) is 12.5. The first-order valence-corrected chi connectivity index (χ1v) is 15.1. The molecule has 1 aromatic carbocycles. The quantitative estimate of drug-likeness (QED) is 0.489. The van der Waals surface area contributed by atoms with Gasteiger partial charge in [-0.1, -0.05) is 12.8 Å². The highest BCUT2D eigenvalue weighted by Crippen LogP contribution is 2.35. The number of alkyl halides is 2. The summed E-state index contributed by atoms with van der Waals surface area (Å²) in [4.78, 5) is 35.0. The number of hydrogen-bond acceptors (Lipinski definition) is 6. The van der Waals surface area contributed by atoms with Gasteiger partial charge in [-0.25, -0.2) is 4.99 Å². The number of amidine groups is 1. The maximum atomic E-state index is 14.8. The number of rotatable bonds is 5. The number of anilines is 1. The predicted molar refractivity (Wildman–Crippen MR) is 149 cm³/mol. The molecule has 11 heteroatoms. The Hall–Kier alpha value is -2.41. The number of halogens is 3. The second kappa shape index (κ2) is 10.8. The zero-order chi connectivity index (χ0) is 26.2. The zero-order valence-corrected chi connectivity index (χ0v) is 23.3. The van der Waals surface area contributed by atoms with Crippen LogP contribution in [0.4, 0.5) is 14.5 Å². The third-order valence-electron chi connectivity index (χ3n) is 7.53. The molecule has 200 valence electrons. The topological polar surface area (TPSA) is 80.3 Å². The molecule has 2 saturated heterocycles. The van der Waals surface area contributed by atoms with E-state index in [0.717, 1.165) is 66.0 Å². The van der Waals surface area contributed by atoms with E-state index < -0.39 is 39.1 Å². The fourth-order valence-corrected chi connectivity index (χ4v) is 7.41. The molecule has 0 aromatic heterocycles. The number of piperidine rings is 1. The van der Waals surface area contributed by atoms with Crippen molar-refractivity contribution in [1.82, 2.24) is 20.0 Å². The Morgan fingerprint density at radius 3 is 2.43 bits per heavy atom. The maximum absolute atomic E-state index is 14.8.